The number of sulfone groups is 1. The molecule has 1 spiro atoms. The minimum Gasteiger partial charge on any atom is -0.486 e. The van der Waals surface area contributed by atoms with Crippen LogP contribution in [0.1, 0.15) is 42.7 Å². The number of hydrogen-bond donors (Lipinski definition) is 1. The first-order valence-electron chi connectivity index (χ1n) is 12.9. The number of aryl methyl sites for hydroxylation is 1. The van der Waals surface area contributed by atoms with E-state index in [4.69, 9.17) is 27.9 Å². The summed E-state index contributed by atoms with van der Waals surface area (Å²) < 4.78 is 30.6. The highest BCUT2D eigenvalue weighted by atomic mass is 35.5. The fourth-order valence-electron chi connectivity index (χ4n) is 5.86. The van der Waals surface area contributed by atoms with Crippen LogP contribution in [0, 0.1) is 23.7 Å². The number of nitrogens with zero attached hydrogens (tertiary/aromatic N) is 5. The van der Waals surface area contributed by atoms with Crippen molar-refractivity contribution in [3.63, 3.8) is 0 Å². The average Bonchev–Trinajstić information content (AvgIpc) is 3.32. The highest BCUT2D eigenvalue weighted by Gasteiger charge is 2.48. The molecule has 0 radical (unpaired) electrons. The van der Waals surface area contributed by atoms with E-state index in [0.29, 0.717) is 69.2 Å². The number of aromatic nitrogens is 4. The molecule has 12 heteroatoms. The molecule has 0 amide bonds. The molecule has 0 unspecified atom stereocenters. The molecule has 5 heterocycles. The molecular weight excluding hydrogens is 571 g/mol. The number of hydrogen-bond acceptors (Lipinski definition) is 8. The van der Waals surface area contributed by atoms with E-state index < -0.39 is 15.9 Å². The highest BCUT2D eigenvalue weighted by Crippen LogP contribution is 2.43. The smallest absolute Gasteiger partial charge is 0.151 e. The van der Waals surface area contributed by atoms with Gasteiger partial charge in [0.25, 0.3) is 0 Å². The average molecular weight is 598 g/mol. The standard InChI is InChI=1S/C28H26Cl2N6O3S/c1-16-25(30)24(22(29)12-32-16)17(2)39-20-4-5-23-21(9-20)26(35-34-23)19-8-18(10-31)27(33-11-19)36-13-28(14-36)6-3-7-40(37,38)15-28/h4-5,8-9,11-12,17H,3,6-7,13-15H2,1-2H3,(H,34,35)/t17-/m1/s1. The molecule has 2 aliphatic heterocycles. The van der Waals surface area contributed by atoms with E-state index >= 15 is 0 Å². The molecule has 3 aromatic heterocycles. The largest absolute Gasteiger partial charge is 0.486 e. The summed E-state index contributed by atoms with van der Waals surface area (Å²) in [4.78, 5) is 10.8. The molecule has 4 aromatic rings. The molecule has 0 bridgehead atoms. The third-order valence-electron chi connectivity index (χ3n) is 7.74. The van der Waals surface area contributed by atoms with E-state index in [2.05, 4.69) is 26.2 Å². The van der Waals surface area contributed by atoms with Crippen molar-refractivity contribution in [2.24, 2.45) is 5.41 Å². The lowest BCUT2D eigenvalue weighted by Crippen LogP contribution is -2.61. The molecule has 1 atom stereocenters. The van der Waals surface area contributed by atoms with E-state index in [1.807, 2.05) is 36.9 Å². The lowest BCUT2D eigenvalue weighted by molar-refractivity contribution is 0.216. The van der Waals surface area contributed by atoms with E-state index in [1.54, 1.807) is 18.5 Å². The van der Waals surface area contributed by atoms with Gasteiger partial charge in [0.2, 0.25) is 0 Å². The summed E-state index contributed by atoms with van der Waals surface area (Å²) in [5.41, 5.74) is 3.64. The van der Waals surface area contributed by atoms with E-state index in [1.165, 1.54) is 0 Å². The topological polar surface area (TPSA) is 125 Å². The lowest BCUT2D eigenvalue weighted by Gasteiger charge is -2.52. The highest BCUT2D eigenvalue weighted by molar-refractivity contribution is 7.91. The number of fused-ring (bicyclic) bond motifs is 1. The van der Waals surface area contributed by atoms with Gasteiger partial charge in [-0.3, -0.25) is 10.1 Å². The van der Waals surface area contributed by atoms with Gasteiger partial charge in [-0.1, -0.05) is 23.2 Å². The van der Waals surface area contributed by atoms with Crippen LogP contribution in [0.4, 0.5) is 5.82 Å². The first-order valence-corrected chi connectivity index (χ1v) is 15.5. The Morgan fingerprint density at radius 2 is 2.00 bits per heavy atom. The number of nitrogens with one attached hydrogen (secondary N) is 1. The van der Waals surface area contributed by atoms with Crippen molar-refractivity contribution in [3.8, 4) is 23.1 Å². The first-order chi connectivity index (χ1) is 19.1. The van der Waals surface area contributed by atoms with Crippen molar-refractivity contribution in [1.82, 2.24) is 20.2 Å². The summed E-state index contributed by atoms with van der Waals surface area (Å²) in [7, 11) is -3.01. The van der Waals surface area contributed by atoms with Gasteiger partial charge < -0.3 is 9.64 Å². The maximum absolute atomic E-state index is 12.2. The van der Waals surface area contributed by atoms with Gasteiger partial charge in [0.1, 0.15) is 29.4 Å². The summed E-state index contributed by atoms with van der Waals surface area (Å²) in [6.45, 7) is 4.86. The van der Waals surface area contributed by atoms with Gasteiger partial charge in [-0.05, 0) is 51.0 Å². The van der Waals surface area contributed by atoms with Crippen LogP contribution in [0.3, 0.4) is 0 Å². The third-order valence-corrected chi connectivity index (χ3v) is 10.5. The lowest BCUT2D eigenvalue weighted by atomic mass is 9.77. The monoisotopic (exact) mass is 596 g/mol. The van der Waals surface area contributed by atoms with Gasteiger partial charge in [0, 0.05) is 47.4 Å². The second kappa shape index (κ2) is 9.91. The number of rotatable bonds is 5. The molecule has 206 valence electrons. The second-order valence-corrected chi connectivity index (χ2v) is 13.7. The number of H-pyrrole nitrogens is 1. The Bertz CT molecular complexity index is 1790. The maximum atomic E-state index is 12.2. The summed E-state index contributed by atoms with van der Waals surface area (Å²) in [5.74, 6) is 1.64. The van der Waals surface area contributed by atoms with Gasteiger partial charge in [-0.2, -0.15) is 10.4 Å². The van der Waals surface area contributed by atoms with E-state index in [-0.39, 0.29) is 16.9 Å². The van der Waals surface area contributed by atoms with Crippen molar-refractivity contribution in [2.45, 2.75) is 32.8 Å². The Morgan fingerprint density at radius 1 is 1.20 bits per heavy atom. The first kappa shape index (κ1) is 26.8. The van der Waals surface area contributed by atoms with Crippen LogP contribution in [-0.4, -0.2) is 53.2 Å². The van der Waals surface area contributed by atoms with Crippen molar-refractivity contribution in [2.75, 3.05) is 29.5 Å². The van der Waals surface area contributed by atoms with Crippen molar-refractivity contribution in [1.29, 1.82) is 5.26 Å². The molecule has 1 N–H and O–H groups in total. The number of nitriles is 1. The summed E-state index contributed by atoms with van der Waals surface area (Å²) in [6, 6.07) is 9.62. The Labute approximate surface area is 242 Å². The van der Waals surface area contributed by atoms with Crippen LogP contribution >= 0.6 is 23.2 Å². The normalized spacial score (nSPS) is 18.3. The van der Waals surface area contributed by atoms with Crippen molar-refractivity contribution in [3.05, 3.63) is 63.5 Å². The molecule has 1 aromatic carbocycles. The van der Waals surface area contributed by atoms with Crippen molar-refractivity contribution >= 4 is 49.8 Å². The molecule has 40 heavy (non-hydrogen) atoms. The van der Waals surface area contributed by atoms with Crippen LogP contribution in [0.25, 0.3) is 22.2 Å². The Balaban J connectivity index is 1.26. The fourth-order valence-corrected chi connectivity index (χ4v) is 8.50. The van der Waals surface area contributed by atoms with Crippen LogP contribution < -0.4 is 9.64 Å². The zero-order valence-electron chi connectivity index (χ0n) is 21.9. The van der Waals surface area contributed by atoms with Crippen LogP contribution in [0.2, 0.25) is 10.0 Å². The van der Waals surface area contributed by atoms with Gasteiger partial charge in [0.15, 0.2) is 9.84 Å². The molecule has 0 saturated carbocycles. The summed E-state index contributed by atoms with van der Waals surface area (Å²) in [6.07, 6.45) is 4.40. The van der Waals surface area contributed by atoms with Crippen LogP contribution in [0.5, 0.6) is 5.75 Å². The third kappa shape index (κ3) is 4.76. The zero-order chi connectivity index (χ0) is 28.2. The predicted molar refractivity (Wildman–Crippen MR) is 155 cm³/mol. The van der Waals surface area contributed by atoms with Gasteiger partial charge in [-0.15, -0.1) is 0 Å². The van der Waals surface area contributed by atoms with Crippen molar-refractivity contribution < 1.29 is 13.2 Å². The van der Waals surface area contributed by atoms with Gasteiger partial charge >= 0.3 is 0 Å². The predicted octanol–water partition coefficient (Wildman–Crippen LogP) is 5.66. The Morgan fingerprint density at radius 3 is 2.75 bits per heavy atom. The fraction of sp³-hybridized carbons (Fsp3) is 0.357. The van der Waals surface area contributed by atoms with E-state index in [9.17, 15) is 13.7 Å². The maximum Gasteiger partial charge on any atom is 0.151 e. The molecule has 2 aliphatic rings. The van der Waals surface area contributed by atoms with Gasteiger partial charge in [-0.25, -0.2) is 13.4 Å². The molecule has 0 aliphatic carbocycles. The number of aromatic amines is 1. The zero-order valence-corrected chi connectivity index (χ0v) is 24.2. The number of benzene rings is 1. The molecule has 2 saturated heterocycles. The summed E-state index contributed by atoms with van der Waals surface area (Å²) >= 11 is 12.8. The SMILES string of the molecule is Cc1ncc(Cl)c([C@@H](C)Oc2ccc3[nH]nc(-c4cnc(N5CC6(CCCS(=O)(=O)C6)C5)c(C#N)c4)c3c2)c1Cl. The van der Waals surface area contributed by atoms with Crippen LogP contribution in [0.15, 0.2) is 36.7 Å². The molecule has 6 rings (SSSR count). The number of anilines is 1. The minimum absolute atomic E-state index is 0.206. The van der Waals surface area contributed by atoms with Crippen LogP contribution in [-0.2, 0) is 9.84 Å². The number of ether oxygens (including phenoxy) is 1. The minimum atomic E-state index is -3.01. The molecule has 9 nitrogen and oxygen atoms in total. The second-order valence-electron chi connectivity index (χ2n) is 10.7. The van der Waals surface area contributed by atoms with Gasteiger partial charge in [0.05, 0.1) is 38.3 Å². The Hall–Kier alpha value is -3.39. The quantitative estimate of drug-likeness (QED) is 0.313. The summed E-state index contributed by atoms with van der Waals surface area (Å²) in [5, 5.41) is 19.2. The molecule has 2 fully saturated rings. The van der Waals surface area contributed by atoms with E-state index in [0.717, 1.165) is 17.3 Å². The Kier molecular flexibility index (Phi) is 6.64. The molecular formula is C28H26Cl2N6O3S. The number of halogens is 2. The number of pyridine rings is 2.